The van der Waals surface area contributed by atoms with Crippen molar-refractivity contribution in [3.8, 4) is 0 Å². The summed E-state index contributed by atoms with van der Waals surface area (Å²) in [6.45, 7) is 5.92. The van der Waals surface area contributed by atoms with E-state index in [0.717, 1.165) is 26.3 Å². The van der Waals surface area contributed by atoms with Gasteiger partial charge in [0, 0.05) is 26.3 Å². The van der Waals surface area contributed by atoms with Gasteiger partial charge in [-0.2, -0.15) is 0 Å². The first-order valence-corrected chi connectivity index (χ1v) is 7.81. The first kappa shape index (κ1) is 15.8. The van der Waals surface area contributed by atoms with Gasteiger partial charge in [-0.1, -0.05) is 11.2 Å². The van der Waals surface area contributed by atoms with Gasteiger partial charge in [0.2, 0.25) is 0 Å². The highest BCUT2D eigenvalue weighted by Crippen LogP contribution is 2.32. The van der Waals surface area contributed by atoms with Gasteiger partial charge in [-0.15, -0.1) is 0 Å². The SMILES string of the molecule is Cc1nc(Sc2cccc(Br)c2/C(N)=N/O)nc(C)c1C. The minimum atomic E-state index is 0.0468. The topological polar surface area (TPSA) is 84.4 Å². The Labute approximate surface area is 135 Å². The number of halogens is 1. The summed E-state index contributed by atoms with van der Waals surface area (Å²) in [5.74, 6) is 0.0468. The van der Waals surface area contributed by atoms with Gasteiger partial charge in [0.05, 0.1) is 0 Å². The molecule has 0 fully saturated rings. The Morgan fingerprint density at radius 1 is 1.24 bits per heavy atom. The van der Waals surface area contributed by atoms with Crippen LogP contribution in [0.25, 0.3) is 0 Å². The number of aromatic nitrogens is 2. The highest BCUT2D eigenvalue weighted by molar-refractivity contribution is 9.10. The third-order valence-electron chi connectivity index (χ3n) is 3.15. The quantitative estimate of drug-likeness (QED) is 0.286. The lowest BCUT2D eigenvalue weighted by Gasteiger charge is -2.11. The molecule has 0 aliphatic rings. The highest BCUT2D eigenvalue weighted by Gasteiger charge is 2.14. The molecule has 110 valence electrons. The molecule has 0 unspecified atom stereocenters. The summed E-state index contributed by atoms with van der Waals surface area (Å²) < 4.78 is 0.753. The molecule has 0 radical (unpaired) electrons. The van der Waals surface area contributed by atoms with E-state index in [4.69, 9.17) is 10.9 Å². The first-order valence-electron chi connectivity index (χ1n) is 6.20. The minimum Gasteiger partial charge on any atom is -0.409 e. The van der Waals surface area contributed by atoms with Crippen LogP contribution < -0.4 is 5.73 Å². The predicted molar refractivity (Wildman–Crippen MR) is 87.0 cm³/mol. The molecule has 1 heterocycles. The molecule has 0 aliphatic heterocycles. The van der Waals surface area contributed by atoms with Crippen LogP contribution in [0.2, 0.25) is 0 Å². The van der Waals surface area contributed by atoms with Crippen LogP contribution in [0.4, 0.5) is 0 Å². The van der Waals surface area contributed by atoms with Gasteiger partial charge in [-0.3, -0.25) is 0 Å². The summed E-state index contributed by atoms with van der Waals surface area (Å²) in [5.41, 5.74) is 9.37. The molecule has 3 N–H and O–H groups in total. The van der Waals surface area contributed by atoms with Crippen molar-refractivity contribution in [2.45, 2.75) is 30.8 Å². The molecule has 21 heavy (non-hydrogen) atoms. The molecule has 0 saturated heterocycles. The Morgan fingerprint density at radius 3 is 2.43 bits per heavy atom. The second-order valence-electron chi connectivity index (χ2n) is 4.50. The van der Waals surface area contributed by atoms with Gasteiger partial charge in [-0.25, -0.2) is 9.97 Å². The number of aryl methyl sites for hydroxylation is 2. The minimum absolute atomic E-state index is 0.0468. The molecule has 2 aromatic rings. The van der Waals surface area contributed by atoms with Crippen molar-refractivity contribution in [1.29, 1.82) is 0 Å². The van der Waals surface area contributed by atoms with E-state index >= 15 is 0 Å². The summed E-state index contributed by atoms with van der Waals surface area (Å²) >= 11 is 4.80. The molecule has 2 rings (SSSR count). The van der Waals surface area contributed by atoms with E-state index in [1.807, 2.05) is 39.0 Å². The van der Waals surface area contributed by atoms with Gasteiger partial charge in [0.1, 0.15) is 0 Å². The van der Waals surface area contributed by atoms with Crippen LogP contribution in [0, 0.1) is 20.8 Å². The maximum atomic E-state index is 8.93. The fraction of sp³-hybridized carbons (Fsp3) is 0.214. The number of hydrogen-bond donors (Lipinski definition) is 2. The van der Waals surface area contributed by atoms with Crippen LogP contribution in [-0.2, 0) is 0 Å². The smallest absolute Gasteiger partial charge is 0.192 e. The third kappa shape index (κ3) is 3.36. The van der Waals surface area contributed by atoms with Crippen LogP contribution in [0.15, 0.2) is 37.9 Å². The van der Waals surface area contributed by atoms with Crippen LogP contribution in [0.3, 0.4) is 0 Å². The van der Waals surface area contributed by atoms with Crippen LogP contribution in [-0.4, -0.2) is 21.0 Å². The largest absolute Gasteiger partial charge is 0.409 e. The maximum absolute atomic E-state index is 8.93. The van der Waals surface area contributed by atoms with E-state index < -0.39 is 0 Å². The maximum Gasteiger partial charge on any atom is 0.192 e. The molecule has 0 spiro atoms. The fourth-order valence-corrected chi connectivity index (χ4v) is 3.50. The third-order valence-corrected chi connectivity index (χ3v) is 4.74. The summed E-state index contributed by atoms with van der Waals surface area (Å²) in [4.78, 5) is 9.78. The molecule has 0 saturated carbocycles. The van der Waals surface area contributed by atoms with Crippen LogP contribution in [0.5, 0.6) is 0 Å². The number of nitrogens with zero attached hydrogens (tertiary/aromatic N) is 3. The zero-order valence-corrected chi connectivity index (χ0v) is 14.3. The lowest BCUT2D eigenvalue weighted by Crippen LogP contribution is -2.15. The van der Waals surface area contributed by atoms with Gasteiger partial charge in [0.15, 0.2) is 11.0 Å². The van der Waals surface area contributed by atoms with E-state index in [1.54, 1.807) is 0 Å². The molecule has 0 atom stereocenters. The summed E-state index contributed by atoms with van der Waals surface area (Å²) in [6, 6.07) is 5.61. The monoisotopic (exact) mass is 366 g/mol. The normalized spacial score (nSPS) is 11.7. The van der Waals surface area contributed by atoms with Crippen LogP contribution >= 0.6 is 27.7 Å². The van der Waals surface area contributed by atoms with Crippen molar-refractivity contribution in [1.82, 2.24) is 9.97 Å². The first-order chi connectivity index (χ1) is 9.93. The van der Waals surface area contributed by atoms with E-state index in [1.165, 1.54) is 11.8 Å². The van der Waals surface area contributed by atoms with Crippen LogP contribution in [0.1, 0.15) is 22.5 Å². The molecule has 1 aromatic carbocycles. The van der Waals surface area contributed by atoms with Crippen molar-refractivity contribution in [3.63, 3.8) is 0 Å². The predicted octanol–water partition coefficient (Wildman–Crippen LogP) is 3.41. The molecular formula is C14H15BrN4OS. The number of rotatable bonds is 3. The molecule has 5 nitrogen and oxygen atoms in total. The van der Waals surface area contributed by atoms with E-state index in [2.05, 4.69) is 31.1 Å². The van der Waals surface area contributed by atoms with Crippen molar-refractivity contribution < 1.29 is 5.21 Å². The zero-order chi connectivity index (χ0) is 15.6. The average molecular weight is 367 g/mol. The molecule has 7 heteroatoms. The van der Waals surface area contributed by atoms with Gasteiger partial charge in [-0.05, 0) is 66.2 Å². The zero-order valence-electron chi connectivity index (χ0n) is 11.9. The second-order valence-corrected chi connectivity index (χ2v) is 6.37. The molecule has 1 aromatic heterocycles. The number of hydrogen-bond acceptors (Lipinski definition) is 5. The molecular weight excluding hydrogens is 352 g/mol. The van der Waals surface area contributed by atoms with Gasteiger partial charge >= 0.3 is 0 Å². The van der Waals surface area contributed by atoms with Crippen molar-refractivity contribution in [3.05, 3.63) is 45.2 Å². The summed E-state index contributed by atoms with van der Waals surface area (Å²) in [7, 11) is 0. The number of benzene rings is 1. The Bertz CT molecular complexity index is 695. The summed E-state index contributed by atoms with van der Waals surface area (Å²) in [6.07, 6.45) is 0. The molecule has 0 amide bonds. The summed E-state index contributed by atoms with van der Waals surface area (Å²) in [5, 5.41) is 12.7. The second kappa shape index (κ2) is 6.44. The van der Waals surface area contributed by atoms with E-state index in [-0.39, 0.29) is 5.84 Å². The van der Waals surface area contributed by atoms with Crippen molar-refractivity contribution in [2.75, 3.05) is 0 Å². The van der Waals surface area contributed by atoms with Crippen molar-refractivity contribution >= 4 is 33.5 Å². The Kier molecular flexibility index (Phi) is 4.84. The van der Waals surface area contributed by atoms with E-state index in [0.29, 0.717) is 10.7 Å². The highest BCUT2D eigenvalue weighted by atomic mass is 79.9. The van der Waals surface area contributed by atoms with Crippen molar-refractivity contribution in [2.24, 2.45) is 10.9 Å². The van der Waals surface area contributed by atoms with E-state index in [9.17, 15) is 0 Å². The lowest BCUT2D eigenvalue weighted by atomic mass is 10.2. The molecule has 0 bridgehead atoms. The molecule has 0 aliphatic carbocycles. The fourth-order valence-electron chi connectivity index (χ4n) is 1.77. The Hall–Kier alpha value is -1.60. The lowest BCUT2D eigenvalue weighted by molar-refractivity contribution is 0.318. The Balaban J connectivity index is 2.48. The number of amidine groups is 1. The Morgan fingerprint density at radius 2 is 1.86 bits per heavy atom. The number of nitrogens with two attached hydrogens (primary N) is 1. The van der Waals surface area contributed by atoms with Gasteiger partial charge in [0.25, 0.3) is 0 Å². The van der Waals surface area contributed by atoms with Gasteiger partial charge < -0.3 is 10.9 Å². The average Bonchev–Trinajstić information content (AvgIpc) is 2.44. The number of oxime groups is 1. The standard InChI is InChI=1S/C14H15BrN4OS/c1-7-8(2)17-14(18-9(7)3)21-11-6-4-5-10(15)12(11)13(16)19-20/h4-6,20H,1-3H3,(H2,16,19).